The van der Waals surface area contributed by atoms with Crippen molar-refractivity contribution in [1.29, 1.82) is 0 Å². The molecule has 1 fully saturated rings. The fraction of sp³-hybridized carbons (Fsp3) is 0.258. The molecule has 186 valence electrons. The van der Waals surface area contributed by atoms with E-state index in [2.05, 4.69) is 0 Å². The maximum Gasteiger partial charge on any atom is 0.180 e. The van der Waals surface area contributed by atoms with Crippen LogP contribution in [0, 0.1) is 16.6 Å². The van der Waals surface area contributed by atoms with Gasteiger partial charge in [-0.2, -0.15) is 0 Å². The lowest BCUT2D eigenvalue weighted by atomic mass is 9.63. The van der Waals surface area contributed by atoms with Crippen LogP contribution in [0.1, 0.15) is 58.5 Å². The summed E-state index contributed by atoms with van der Waals surface area (Å²) in [5.74, 6) is -2.50. The molecule has 2 heterocycles. The lowest BCUT2D eigenvalue weighted by molar-refractivity contribution is -0.127. The number of halogens is 2. The van der Waals surface area contributed by atoms with Crippen LogP contribution in [-0.2, 0) is 4.79 Å². The van der Waals surface area contributed by atoms with Gasteiger partial charge in [-0.15, -0.1) is 0 Å². The van der Waals surface area contributed by atoms with E-state index in [4.69, 9.17) is 11.6 Å². The molecule has 3 aromatic rings. The van der Waals surface area contributed by atoms with Gasteiger partial charge in [0.1, 0.15) is 11.2 Å². The van der Waals surface area contributed by atoms with E-state index in [9.17, 15) is 14.4 Å². The third-order valence-electron chi connectivity index (χ3n) is 8.01. The molecule has 4 nitrogen and oxygen atoms in total. The van der Waals surface area contributed by atoms with E-state index in [-0.39, 0.29) is 22.9 Å². The SMILES string of the molecule is CC(C)(C)C(=O)[C@@H]1[C@H](c2ccccc2F)C2(C(=O)c3ccccc3C2=O)[C@H]2C=Cc3cc(Cl)ccc3N12. The number of Topliss-reactive ketones (excluding diaryl/α,β-unsaturated/α-hetero) is 3. The van der Waals surface area contributed by atoms with Crippen molar-refractivity contribution < 1.29 is 18.8 Å². The molecule has 0 N–H and O–H groups in total. The minimum Gasteiger partial charge on any atom is -0.352 e. The van der Waals surface area contributed by atoms with Crippen molar-refractivity contribution in [2.45, 2.75) is 38.8 Å². The van der Waals surface area contributed by atoms with Crippen LogP contribution in [0.4, 0.5) is 10.1 Å². The third kappa shape index (κ3) is 3.10. The van der Waals surface area contributed by atoms with Crippen molar-refractivity contribution in [2.24, 2.45) is 10.8 Å². The number of ketones is 3. The molecule has 2 aliphatic heterocycles. The summed E-state index contributed by atoms with van der Waals surface area (Å²) in [7, 11) is 0. The lowest BCUT2D eigenvalue weighted by Crippen LogP contribution is -2.49. The van der Waals surface area contributed by atoms with Crippen molar-refractivity contribution in [3.05, 3.63) is 106 Å². The zero-order valence-electron chi connectivity index (χ0n) is 20.7. The molecule has 3 atom stereocenters. The van der Waals surface area contributed by atoms with Crippen LogP contribution < -0.4 is 4.90 Å². The first-order chi connectivity index (χ1) is 17.6. The van der Waals surface area contributed by atoms with E-state index >= 15 is 4.39 Å². The average molecular weight is 514 g/mol. The number of rotatable bonds is 2. The van der Waals surface area contributed by atoms with Crippen LogP contribution in [0.15, 0.2) is 72.8 Å². The Hall–Kier alpha value is -3.57. The molecule has 37 heavy (non-hydrogen) atoms. The quantitative estimate of drug-likeness (QED) is 0.366. The zero-order chi connectivity index (χ0) is 26.3. The van der Waals surface area contributed by atoms with Gasteiger partial charge < -0.3 is 4.90 Å². The Balaban J connectivity index is 1.72. The highest BCUT2D eigenvalue weighted by Gasteiger charge is 2.72. The smallest absolute Gasteiger partial charge is 0.180 e. The number of carbonyl (C=O) groups is 3. The number of carbonyl (C=O) groups excluding carboxylic acids is 3. The highest BCUT2D eigenvalue weighted by atomic mass is 35.5. The van der Waals surface area contributed by atoms with E-state index in [0.717, 1.165) is 5.56 Å². The van der Waals surface area contributed by atoms with Gasteiger partial charge in [-0.3, -0.25) is 14.4 Å². The lowest BCUT2D eigenvalue weighted by Gasteiger charge is -2.38. The number of fused-ring (bicyclic) bond motifs is 5. The summed E-state index contributed by atoms with van der Waals surface area (Å²) < 4.78 is 15.6. The molecule has 0 bridgehead atoms. The molecular weight excluding hydrogens is 489 g/mol. The summed E-state index contributed by atoms with van der Waals surface area (Å²) in [4.78, 5) is 45.0. The number of hydrogen-bond acceptors (Lipinski definition) is 4. The van der Waals surface area contributed by atoms with Gasteiger partial charge in [0.25, 0.3) is 0 Å². The summed E-state index contributed by atoms with van der Waals surface area (Å²) in [5, 5.41) is 0.528. The standard InChI is InChI=1S/C31H25ClFNO3/c1-30(2,3)29(37)26-25(21-10-6-7-11-22(21)33)31(27(35)19-8-4-5-9-20(19)28(31)36)24-15-12-17-16-18(32)13-14-23(17)34(24)26/h4-16,24-26H,1-3H3/t24-,25+,26+/m1/s1. The second kappa shape index (κ2) is 7.96. The van der Waals surface area contributed by atoms with Crippen LogP contribution in [0.2, 0.25) is 5.02 Å². The molecule has 0 unspecified atom stereocenters. The van der Waals surface area contributed by atoms with Gasteiger partial charge in [-0.05, 0) is 35.4 Å². The van der Waals surface area contributed by atoms with E-state index < -0.39 is 34.6 Å². The van der Waals surface area contributed by atoms with Crippen molar-refractivity contribution in [2.75, 3.05) is 4.90 Å². The van der Waals surface area contributed by atoms with Gasteiger partial charge >= 0.3 is 0 Å². The second-order valence-corrected chi connectivity index (χ2v) is 11.5. The summed E-state index contributed by atoms with van der Waals surface area (Å²) >= 11 is 6.29. The van der Waals surface area contributed by atoms with E-state index in [0.29, 0.717) is 21.8 Å². The monoisotopic (exact) mass is 513 g/mol. The Morgan fingerprint density at radius 2 is 1.57 bits per heavy atom. The van der Waals surface area contributed by atoms with Crippen molar-refractivity contribution in [3.8, 4) is 0 Å². The van der Waals surface area contributed by atoms with Gasteiger partial charge in [0.05, 0.1) is 12.1 Å². The van der Waals surface area contributed by atoms with E-state index in [1.807, 2.05) is 43.9 Å². The molecule has 0 radical (unpaired) electrons. The summed E-state index contributed by atoms with van der Waals surface area (Å²) in [6, 6.07) is 16.5. The Morgan fingerprint density at radius 1 is 0.946 bits per heavy atom. The van der Waals surface area contributed by atoms with E-state index in [1.54, 1.807) is 54.6 Å². The molecule has 3 aromatic carbocycles. The Morgan fingerprint density at radius 3 is 2.19 bits per heavy atom. The highest BCUT2D eigenvalue weighted by molar-refractivity contribution is 6.32. The largest absolute Gasteiger partial charge is 0.352 e. The first-order valence-corrected chi connectivity index (χ1v) is 12.7. The fourth-order valence-corrected chi connectivity index (χ4v) is 6.64. The topological polar surface area (TPSA) is 54.5 Å². The summed E-state index contributed by atoms with van der Waals surface area (Å²) in [6.07, 6.45) is 3.65. The molecule has 0 saturated carbocycles. The normalized spacial score (nSPS) is 23.3. The number of hydrogen-bond donors (Lipinski definition) is 0. The molecule has 0 aromatic heterocycles. The van der Waals surface area contributed by atoms with Crippen LogP contribution in [0.5, 0.6) is 0 Å². The van der Waals surface area contributed by atoms with Gasteiger partial charge in [0, 0.05) is 33.2 Å². The minimum atomic E-state index is -1.70. The maximum atomic E-state index is 15.6. The predicted molar refractivity (Wildman–Crippen MR) is 142 cm³/mol. The van der Waals surface area contributed by atoms with Gasteiger partial charge in [-0.25, -0.2) is 4.39 Å². The molecule has 1 saturated heterocycles. The molecule has 6 rings (SSSR count). The number of nitrogens with zero attached hydrogens (tertiary/aromatic N) is 1. The van der Waals surface area contributed by atoms with Crippen molar-refractivity contribution in [1.82, 2.24) is 0 Å². The van der Waals surface area contributed by atoms with Crippen molar-refractivity contribution >= 4 is 40.7 Å². The highest BCUT2D eigenvalue weighted by Crippen LogP contribution is 2.61. The molecular formula is C31H25ClFNO3. The Bertz CT molecular complexity index is 1500. The Labute approximate surface area is 219 Å². The van der Waals surface area contributed by atoms with Gasteiger partial charge in [-0.1, -0.05) is 87.0 Å². The molecule has 0 amide bonds. The first-order valence-electron chi connectivity index (χ1n) is 12.3. The van der Waals surface area contributed by atoms with Gasteiger partial charge in [0.2, 0.25) is 0 Å². The number of benzene rings is 3. The van der Waals surface area contributed by atoms with E-state index in [1.165, 1.54) is 6.07 Å². The molecule has 3 aliphatic rings. The predicted octanol–water partition coefficient (Wildman–Crippen LogP) is 6.53. The third-order valence-corrected chi connectivity index (χ3v) is 8.25. The Kier molecular flexibility index (Phi) is 5.12. The first kappa shape index (κ1) is 23.8. The maximum absolute atomic E-state index is 15.6. The molecule has 1 spiro atoms. The number of anilines is 1. The molecule has 1 aliphatic carbocycles. The van der Waals surface area contributed by atoms with Crippen LogP contribution in [0.25, 0.3) is 6.08 Å². The minimum absolute atomic E-state index is 0.171. The van der Waals surface area contributed by atoms with Crippen LogP contribution in [-0.4, -0.2) is 29.4 Å². The van der Waals surface area contributed by atoms with Crippen LogP contribution in [0.3, 0.4) is 0 Å². The second-order valence-electron chi connectivity index (χ2n) is 11.0. The zero-order valence-corrected chi connectivity index (χ0v) is 21.4. The molecule has 6 heteroatoms. The average Bonchev–Trinajstić information content (AvgIpc) is 3.29. The summed E-state index contributed by atoms with van der Waals surface area (Å²) in [6.45, 7) is 5.43. The van der Waals surface area contributed by atoms with Gasteiger partial charge in [0.15, 0.2) is 17.3 Å². The summed E-state index contributed by atoms with van der Waals surface area (Å²) in [5.41, 5.74) is -0.246. The van der Waals surface area contributed by atoms with Crippen molar-refractivity contribution in [3.63, 3.8) is 0 Å². The van der Waals surface area contributed by atoms with Crippen LogP contribution >= 0.6 is 11.6 Å². The fourth-order valence-electron chi connectivity index (χ4n) is 6.46.